The van der Waals surface area contributed by atoms with Crippen LogP contribution in [0.15, 0.2) is 23.0 Å². The van der Waals surface area contributed by atoms with Gasteiger partial charge in [-0.25, -0.2) is 4.68 Å². The van der Waals surface area contributed by atoms with Gasteiger partial charge in [-0.2, -0.15) is 11.3 Å². The normalized spacial score (nSPS) is 10.5. The summed E-state index contributed by atoms with van der Waals surface area (Å²) in [7, 11) is 0. The summed E-state index contributed by atoms with van der Waals surface area (Å²) in [4.78, 5) is 12.0. The highest BCUT2D eigenvalue weighted by molar-refractivity contribution is 7.08. The van der Waals surface area contributed by atoms with E-state index in [4.69, 9.17) is 0 Å². The molecule has 2 rings (SSSR count). The van der Waals surface area contributed by atoms with Crippen molar-refractivity contribution in [3.05, 3.63) is 34.3 Å². The third-order valence-corrected chi connectivity index (χ3v) is 2.75. The molecule has 78 valence electrons. The minimum atomic E-state index is -0.00491. The Bertz CT molecular complexity index is 447. The molecule has 0 radical (unpaired) electrons. The Morgan fingerprint density at radius 1 is 1.60 bits per heavy atom. The van der Waals surface area contributed by atoms with Gasteiger partial charge in [-0.1, -0.05) is 12.1 Å². The van der Waals surface area contributed by atoms with E-state index in [1.807, 2.05) is 23.8 Å². The van der Waals surface area contributed by atoms with E-state index in [0.717, 1.165) is 13.0 Å². The fourth-order valence-corrected chi connectivity index (χ4v) is 1.99. The number of carbonyl (C=O) groups is 1. The molecule has 0 spiro atoms. The lowest BCUT2D eigenvalue weighted by molar-refractivity contribution is 0.102. The van der Waals surface area contributed by atoms with Crippen molar-refractivity contribution in [3.63, 3.8) is 0 Å². The van der Waals surface area contributed by atoms with Crippen molar-refractivity contribution in [2.24, 2.45) is 0 Å². The molecule has 2 aromatic rings. The van der Waals surface area contributed by atoms with E-state index in [2.05, 4.69) is 10.3 Å². The number of carbonyl (C=O) groups excluding carboxylic acids is 1. The number of hydrogen-bond donors (Lipinski definition) is 0. The van der Waals surface area contributed by atoms with E-state index in [0.29, 0.717) is 11.3 Å². The van der Waals surface area contributed by atoms with E-state index >= 15 is 0 Å². The summed E-state index contributed by atoms with van der Waals surface area (Å²) in [5.41, 5.74) is 1.27. The van der Waals surface area contributed by atoms with Crippen LogP contribution >= 0.6 is 11.3 Å². The predicted octanol–water partition coefficient (Wildman–Crippen LogP) is 1.98. The van der Waals surface area contributed by atoms with Gasteiger partial charge in [0.25, 0.3) is 0 Å². The van der Waals surface area contributed by atoms with Crippen LogP contribution in [-0.2, 0) is 6.54 Å². The summed E-state index contributed by atoms with van der Waals surface area (Å²) in [5, 5.41) is 11.4. The molecule has 0 N–H and O–H groups in total. The van der Waals surface area contributed by atoms with Gasteiger partial charge >= 0.3 is 0 Å². The zero-order valence-corrected chi connectivity index (χ0v) is 9.20. The van der Waals surface area contributed by atoms with Crippen LogP contribution in [-0.4, -0.2) is 20.8 Å². The molecule has 0 unspecified atom stereocenters. The molecule has 2 aromatic heterocycles. The first-order chi connectivity index (χ1) is 7.33. The highest BCUT2D eigenvalue weighted by Crippen LogP contribution is 2.12. The molecule has 0 aromatic carbocycles. The van der Waals surface area contributed by atoms with Crippen molar-refractivity contribution >= 4 is 17.1 Å². The topological polar surface area (TPSA) is 47.8 Å². The smallest absolute Gasteiger partial charge is 0.213 e. The Hall–Kier alpha value is -1.49. The molecule has 2 heterocycles. The van der Waals surface area contributed by atoms with Crippen LogP contribution in [0, 0.1) is 0 Å². The summed E-state index contributed by atoms with van der Waals surface area (Å²) in [6, 6.07) is 1.82. The SMILES string of the molecule is CCCn1nncc1C(=O)c1ccsc1. The molecule has 4 nitrogen and oxygen atoms in total. The molecular weight excluding hydrogens is 210 g/mol. The molecule has 0 aliphatic heterocycles. The van der Waals surface area contributed by atoms with E-state index < -0.39 is 0 Å². The van der Waals surface area contributed by atoms with Crippen molar-refractivity contribution < 1.29 is 4.79 Å². The molecule has 15 heavy (non-hydrogen) atoms. The van der Waals surface area contributed by atoms with Crippen molar-refractivity contribution in [1.82, 2.24) is 15.0 Å². The Kier molecular flexibility index (Phi) is 2.91. The maximum absolute atomic E-state index is 12.0. The standard InChI is InChI=1S/C10H11N3OS/c1-2-4-13-9(6-11-12-13)10(14)8-3-5-15-7-8/h3,5-7H,2,4H2,1H3. The van der Waals surface area contributed by atoms with Crippen LogP contribution in [0.1, 0.15) is 29.4 Å². The number of ketones is 1. The summed E-state index contributed by atoms with van der Waals surface area (Å²) in [5.74, 6) is -0.00491. The lowest BCUT2D eigenvalue weighted by atomic mass is 10.2. The number of nitrogens with zero attached hydrogens (tertiary/aromatic N) is 3. The van der Waals surface area contributed by atoms with Crippen molar-refractivity contribution in [1.29, 1.82) is 0 Å². The molecule has 5 heteroatoms. The lowest BCUT2D eigenvalue weighted by Gasteiger charge is -2.01. The Morgan fingerprint density at radius 3 is 3.13 bits per heavy atom. The van der Waals surface area contributed by atoms with Gasteiger partial charge < -0.3 is 0 Å². The predicted molar refractivity (Wildman–Crippen MR) is 58.1 cm³/mol. The van der Waals surface area contributed by atoms with Gasteiger partial charge in [0, 0.05) is 17.5 Å². The maximum atomic E-state index is 12.0. The second-order valence-corrected chi connectivity index (χ2v) is 3.96. The first-order valence-electron chi connectivity index (χ1n) is 4.78. The minimum Gasteiger partial charge on any atom is -0.287 e. The zero-order valence-electron chi connectivity index (χ0n) is 8.38. The van der Waals surface area contributed by atoms with Gasteiger partial charge in [-0.05, 0) is 17.9 Å². The number of thiophene rings is 1. The number of aryl methyl sites for hydroxylation is 1. The van der Waals surface area contributed by atoms with Crippen LogP contribution in [0.4, 0.5) is 0 Å². The lowest BCUT2D eigenvalue weighted by Crippen LogP contribution is -2.10. The van der Waals surface area contributed by atoms with Crippen molar-refractivity contribution in [3.8, 4) is 0 Å². The quantitative estimate of drug-likeness (QED) is 0.742. The van der Waals surface area contributed by atoms with Gasteiger partial charge in [0.05, 0.1) is 6.20 Å². The Labute approximate surface area is 91.5 Å². The maximum Gasteiger partial charge on any atom is 0.213 e. The van der Waals surface area contributed by atoms with Crippen LogP contribution in [0.5, 0.6) is 0 Å². The van der Waals surface area contributed by atoms with Crippen molar-refractivity contribution in [2.75, 3.05) is 0 Å². The second kappa shape index (κ2) is 4.35. The van der Waals surface area contributed by atoms with Crippen LogP contribution in [0.2, 0.25) is 0 Å². The van der Waals surface area contributed by atoms with Gasteiger partial charge in [0.1, 0.15) is 5.69 Å². The van der Waals surface area contributed by atoms with Gasteiger partial charge in [-0.15, -0.1) is 5.10 Å². The van der Waals surface area contributed by atoms with Gasteiger partial charge in [0.2, 0.25) is 5.78 Å². The first kappa shape index (κ1) is 10.0. The molecule has 0 atom stereocenters. The fourth-order valence-electron chi connectivity index (χ4n) is 1.35. The summed E-state index contributed by atoms with van der Waals surface area (Å²) < 4.78 is 1.65. The summed E-state index contributed by atoms with van der Waals surface area (Å²) in [6.45, 7) is 2.77. The van der Waals surface area contributed by atoms with E-state index in [-0.39, 0.29) is 5.78 Å². The van der Waals surface area contributed by atoms with Crippen molar-refractivity contribution in [2.45, 2.75) is 19.9 Å². The molecule has 0 aliphatic rings. The third-order valence-electron chi connectivity index (χ3n) is 2.07. The molecule has 0 bridgehead atoms. The molecule has 0 saturated carbocycles. The molecular formula is C10H11N3OS. The Balaban J connectivity index is 2.29. The van der Waals surface area contributed by atoms with E-state index in [1.165, 1.54) is 17.5 Å². The largest absolute Gasteiger partial charge is 0.287 e. The molecule has 0 fully saturated rings. The second-order valence-electron chi connectivity index (χ2n) is 3.18. The van der Waals surface area contributed by atoms with Crippen LogP contribution in [0.25, 0.3) is 0 Å². The molecule has 0 aliphatic carbocycles. The highest BCUT2D eigenvalue weighted by atomic mass is 32.1. The molecule has 0 amide bonds. The van der Waals surface area contributed by atoms with E-state index in [9.17, 15) is 4.79 Å². The van der Waals surface area contributed by atoms with Gasteiger partial charge in [-0.3, -0.25) is 4.79 Å². The number of hydrogen-bond acceptors (Lipinski definition) is 4. The average molecular weight is 221 g/mol. The monoisotopic (exact) mass is 221 g/mol. The minimum absolute atomic E-state index is 0.00491. The number of rotatable bonds is 4. The summed E-state index contributed by atoms with van der Waals surface area (Å²) >= 11 is 1.51. The Morgan fingerprint density at radius 2 is 2.47 bits per heavy atom. The van der Waals surface area contributed by atoms with Crippen LogP contribution in [0.3, 0.4) is 0 Å². The zero-order chi connectivity index (χ0) is 10.7. The first-order valence-corrected chi connectivity index (χ1v) is 5.72. The van der Waals surface area contributed by atoms with Crippen LogP contribution < -0.4 is 0 Å². The van der Waals surface area contributed by atoms with Gasteiger partial charge in [0.15, 0.2) is 0 Å². The van der Waals surface area contributed by atoms with E-state index in [1.54, 1.807) is 4.68 Å². The highest BCUT2D eigenvalue weighted by Gasteiger charge is 2.14. The third kappa shape index (κ3) is 1.97. The number of aromatic nitrogens is 3. The fraction of sp³-hybridized carbons (Fsp3) is 0.300. The molecule has 0 saturated heterocycles. The summed E-state index contributed by atoms with van der Waals surface area (Å²) in [6.07, 6.45) is 2.46. The average Bonchev–Trinajstić information content (AvgIpc) is 2.87.